The van der Waals surface area contributed by atoms with Gasteiger partial charge in [0, 0.05) is 24.6 Å². The van der Waals surface area contributed by atoms with E-state index in [9.17, 15) is 0 Å². The summed E-state index contributed by atoms with van der Waals surface area (Å²) in [7, 11) is 0. The number of aromatic nitrogens is 1. The van der Waals surface area contributed by atoms with Gasteiger partial charge >= 0.3 is 0 Å². The summed E-state index contributed by atoms with van der Waals surface area (Å²) >= 11 is 0. The number of nitrogen functional groups attached to an aromatic ring is 1. The number of rotatable bonds is 3. The SMILES string of the molecule is CCc1ccc(Cn2ccc(N)c2)cc1. The Bertz CT molecular complexity index is 426. The van der Waals surface area contributed by atoms with E-state index in [4.69, 9.17) is 5.73 Å². The van der Waals surface area contributed by atoms with Crippen LogP contribution in [0.1, 0.15) is 18.1 Å². The second-order valence-electron chi connectivity index (χ2n) is 3.79. The Labute approximate surface area is 90.3 Å². The molecule has 0 fully saturated rings. The van der Waals surface area contributed by atoms with Crippen LogP contribution in [0.4, 0.5) is 5.69 Å². The van der Waals surface area contributed by atoms with Crippen molar-refractivity contribution in [2.24, 2.45) is 0 Å². The molecule has 0 spiro atoms. The monoisotopic (exact) mass is 200 g/mol. The number of nitrogens with zero attached hydrogens (tertiary/aromatic N) is 1. The zero-order chi connectivity index (χ0) is 10.7. The third-order valence-electron chi connectivity index (χ3n) is 2.57. The van der Waals surface area contributed by atoms with Crippen LogP contribution in [0.25, 0.3) is 0 Å². The van der Waals surface area contributed by atoms with Crippen molar-refractivity contribution in [2.45, 2.75) is 19.9 Å². The molecule has 1 aromatic heterocycles. The maximum atomic E-state index is 5.66. The van der Waals surface area contributed by atoms with Gasteiger partial charge in [0.1, 0.15) is 0 Å². The van der Waals surface area contributed by atoms with Gasteiger partial charge in [-0.1, -0.05) is 31.2 Å². The van der Waals surface area contributed by atoms with E-state index in [0.29, 0.717) is 0 Å². The lowest BCUT2D eigenvalue weighted by Crippen LogP contribution is -1.96. The molecule has 78 valence electrons. The Morgan fingerprint density at radius 1 is 1.07 bits per heavy atom. The van der Waals surface area contributed by atoms with Gasteiger partial charge in [-0.25, -0.2) is 0 Å². The van der Waals surface area contributed by atoms with Crippen molar-refractivity contribution in [3.05, 3.63) is 53.9 Å². The molecule has 0 atom stereocenters. The van der Waals surface area contributed by atoms with Crippen LogP contribution in [0.5, 0.6) is 0 Å². The topological polar surface area (TPSA) is 30.9 Å². The Morgan fingerprint density at radius 2 is 1.73 bits per heavy atom. The van der Waals surface area contributed by atoms with E-state index < -0.39 is 0 Å². The van der Waals surface area contributed by atoms with Crippen LogP contribution < -0.4 is 5.73 Å². The van der Waals surface area contributed by atoms with Crippen LogP contribution >= 0.6 is 0 Å². The molecule has 1 aromatic carbocycles. The number of benzene rings is 1. The molecule has 0 radical (unpaired) electrons. The van der Waals surface area contributed by atoms with Crippen molar-refractivity contribution in [3.8, 4) is 0 Å². The summed E-state index contributed by atoms with van der Waals surface area (Å²) in [5.41, 5.74) is 9.17. The lowest BCUT2D eigenvalue weighted by atomic mass is 10.1. The van der Waals surface area contributed by atoms with Gasteiger partial charge in [0.05, 0.1) is 0 Å². The molecule has 2 heteroatoms. The number of aryl methyl sites for hydroxylation is 1. The maximum Gasteiger partial charge on any atom is 0.0493 e. The van der Waals surface area contributed by atoms with E-state index in [1.165, 1.54) is 11.1 Å². The fraction of sp³-hybridized carbons (Fsp3) is 0.231. The first-order valence-corrected chi connectivity index (χ1v) is 5.27. The first-order chi connectivity index (χ1) is 7.28. The molecule has 0 amide bonds. The van der Waals surface area contributed by atoms with Crippen LogP contribution in [0.15, 0.2) is 42.7 Å². The van der Waals surface area contributed by atoms with Crippen LogP contribution in [-0.2, 0) is 13.0 Å². The van der Waals surface area contributed by atoms with Crippen molar-refractivity contribution in [1.82, 2.24) is 4.57 Å². The summed E-state index contributed by atoms with van der Waals surface area (Å²) in [6.07, 6.45) is 5.05. The molecule has 15 heavy (non-hydrogen) atoms. The van der Waals surface area contributed by atoms with Gasteiger partial charge in [0.2, 0.25) is 0 Å². The smallest absolute Gasteiger partial charge is 0.0493 e. The average Bonchev–Trinajstić information content (AvgIpc) is 2.65. The molecule has 1 heterocycles. The molecule has 2 aromatic rings. The fourth-order valence-electron chi connectivity index (χ4n) is 1.65. The van der Waals surface area contributed by atoms with E-state index in [1.807, 2.05) is 18.5 Å². The summed E-state index contributed by atoms with van der Waals surface area (Å²) in [6, 6.07) is 10.6. The number of hydrogen-bond acceptors (Lipinski definition) is 1. The molecule has 2 N–H and O–H groups in total. The fourth-order valence-corrected chi connectivity index (χ4v) is 1.65. The van der Waals surface area contributed by atoms with E-state index in [1.54, 1.807) is 0 Å². The molecule has 0 saturated carbocycles. The quantitative estimate of drug-likeness (QED) is 0.811. The zero-order valence-electron chi connectivity index (χ0n) is 8.98. The van der Waals surface area contributed by atoms with Gasteiger partial charge in [0.25, 0.3) is 0 Å². The van der Waals surface area contributed by atoms with Gasteiger partial charge in [-0.2, -0.15) is 0 Å². The minimum absolute atomic E-state index is 0.820. The van der Waals surface area contributed by atoms with Crippen molar-refractivity contribution < 1.29 is 0 Å². The van der Waals surface area contributed by atoms with E-state index in [-0.39, 0.29) is 0 Å². The molecule has 0 bridgehead atoms. The predicted octanol–water partition coefficient (Wildman–Crippen LogP) is 2.68. The summed E-state index contributed by atoms with van der Waals surface area (Å²) in [4.78, 5) is 0. The highest BCUT2D eigenvalue weighted by atomic mass is 14.9. The molecule has 2 rings (SSSR count). The summed E-state index contributed by atoms with van der Waals surface area (Å²) < 4.78 is 2.09. The molecule has 2 nitrogen and oxygen atoms in total. The molecule has 0 saturated heterocycles. The first-order valence-electron chi connectivity index (χ1n) is 5.27. The zero-order valence-corrected chi connectivity index (χ0v) is 8.98. The van der Waals surface area contributed by atoms with E-state index in [0.717, 1.165) is 18.7 Å². The molecule has 0 aliphatic rings. The van der Waals surface area contributed by atoms with Crippen molar-refractivity contribution in [3.63, 3.8) is 0 Å². The average molecular weight is 200 g/mol. The molecular formula is C13H16N2. The third kappa shape index (κ3) is 2.40. The second-order valence-corrected chi connectivity index (χ2v) is 3.79. The first kappa shape index (κ1) is 9.84. The van der Waals surface area contributed by atoms with Crippen molar-refractivity contribution in [1.29, 1.82) is 0 Å². The van der Waals surface area contributed by atoms with Gasteiger partial charge in [-0.15, -0.1) is 0 Å². The van der Waals surface area contributed by atoms with Crippen LogP contribution in [0.3, 0.4) is 0 Å². The predicted molar refractivity (Wildman–Crippen MR) is 63.8 cm³/mol. The summed E-state index contributed by atoms with van der Waals surface area (Å²) in [5, 5.41) is 0. The van der Waals surface area contributed by atoms with Crippen LogP contribution in [-0.4, -0.2) is 4.57 Å². The highest BCUT2D eigenvalue weighted by molar-refractivity contribution is 5.35. The van der Waals surface area contributed by atoms with Crippen molar-refractivity contribution in [2.75, 3.05) is 5.73 Å². The number of anilines is 1. The molecule has 0 aliphatic heterocycles. The van der Waals surface area contributed by atoms with E-state index in [2.05, 4.69) is 35.8 Å². The molecular weight excluding hydrogens is 184 g/mol. The Balaban J connectivity index is 2.11. The lowest BCUT2D eigenvalue weighted by Gasteiger charge is -2.04. The van der Waals surface area contributed by atoms with Gasteiger partial charge in [-0.05, 0) is 23.6 Å². The normalized spacial score (nSPS) is 10.5. The number of nitrogens with two attached hydrogens (primary N) is 1. The summed E-state index contributed by atoms with van der Waals surface area (Å²) in [6.45, 7) is 3.06. The molecule has 0 aliphatic carbocycles. The Morgan fingerprint density at radius 3 is 2.27 bits per heavy atom. The minimum Gasteiger partial charge on any atom is -0.398 e. The third-order valence-corrected chi connectivity index (χ3v) is 2.57. The Kier molecular flexibility index (Phi) is 2.77. The summed E-state index contributed by atoms with van der Waals surface area (Å²) in [5.74, 6) is 0. The van der Waals surface area contributed by atoms with Crippen molar-refractivity contribution >= 4 is 5.69 Å². The van der Waals surface area contributed by atoms with Gasteiger partial charge in [0.15, 0.2) is 0 Å². The lowest BCUT2D eigenvalue weighted by molar-refractivity contribution is 0.806. The van der Waals surface area contributed by atoms with Gasteiger partial charge in [-0.3, -0.25) is 0 Å². The highest BCUT2D eigenvalue weighted by Gasteiger charge is 1.96. The standard InChI is InChI=1S/C13H16N2/c1-2-11-3-5-12(6-4-11)9-15-8-7-13(14)10-15/h3-8,10H,2,9,14H2,1H3. The Hall–Kier alpha value is -1.70. The second kappa shape index (κ2) is 4.22. The minimum atomic E-state index is 0.820. The van der Waals surface area contributed by atoms with Crippen LogP contribution in [0.2, 0.25) is 0 Å². The molecule has 0 unspecified atom stereocenters. The van der Waals surface area contributed by atoms with Gasteiger partial charge < -0.3 is 10.3 Å². The largest absolute Gasteiger partial charge is 0.398 e. The van der Waals surface area contributed by atoms with E-state index >= 15 is 0 Å². The highest BCUT2D eigenvalue weighted by Crippen LogP contribution is 2.09. The maximum absolute atomic E-state index is 5.66. The van der Waals surface area contributed by atoms with Crippen LogP contribution in [0, 0.1) is 0 Å². The number of hydrogen-bond donors (Lipinski definition) is 1.